The fourth-order valence-electron chi connectivity index (χ4n) is 1.54. The normalized spacial score (nSPS) is 10.6. The van der Waals surface area contributed by atoms with E-state index in [4.69, 9.17) is 11.1 Å². The van der Waals surface area contributed by atoms with E-state index < -0.39 is 0 Å². The Balaban J connectivity index is 0.00000128. The number of amidine groups is 1. The number of allylic oxidation sites excluding steroid dienone is 1. The first-order valence-corrected chi connectivity index (χ1v) is 5.53. The molecule has 2 aromatic rings. The Labute approximate surface area is 105 Å². The van der Waals surface area contributed by atoms with Crippen LogP contribution in [0.5, 0.6) is 0 Å². The number of hydrogen-bond acceptors (Lipinski definition) is 2. The molecule has 84 valence electrons. The zero-order valence-electron chi connectivity index (χ0n) is 8.86. The SMILES string of the molecule is C/C=C/c1cccc2sc(C(=N)N)cc12.Cl. The van der Waals surface area contributed by atoms with Crippen molar-refractivity contribution in [3.05, 3.63) is 40.8 Å². The van der Waals surface area contributed by atoms with Gasteiger partial charge in [0, 0.05) is 10.1 Å². The summed E-state index contributed by atoms with van der Waals surface area (Å²) in [6.07, 6.45) is 4.08. The molecular formula is C12H13ClN2S. The van der Waals surface area contributed by atoms with Crippen LogP contribution in [0.1, 0.15) is 17.4 Å². The first-order valence-electron chi connectivity index (χ1n) is 4.72. The Hall–Kier alpha value is -1.32. The number of nitrogens with one attached hydrogen (secondary N) is 1. The Bertz CT molecular complexity index is 543. The van der Waals surface area contributed by atoms with Crippen molar-refractivity contribution in [2.24, 2.45) is 5.73 Å². The first-order chi connectivity index (χ1) is 7.22. The van der Waals surface area contributed by atoms with Gasteiger partial charge in [-0.2, -0.15) is 0 Å². The van der Waals surface area contributed by atoms with Crippen molar-refractivity contribution in [1.82, 2.24) is 0 Å². The van der Waals surface area contributed by atoms with Crippen LogP contribution in [-0.4, -0.2) is 5.84 Å². The molecule has 0 saturated heterocycles. The molecule has 1 aromatic carbocycles. The quantitative estimate of drug-likeness (QED) is 0.622. The molecule has 0 spiro atoms. The van der Waals surface area contributed by atoms with Crippen LogP contribution in [0, 0.1) is 5.41 Å². The number of rotatable bonds is 2. The Morgan fingerprint density at radius 3 is 2.81 bits per heavy atom. The lowest BCUT2D eigenvalue weighted by Crippen LogP contribution is -2.08. The zero-order chi connectivity index (χ0) is 10.8. The molecule has 3 N–H and O–H groups in total. The van der Waals surface area contributed by atoms with Gasteiger partial charge >= 0.3 is 0 Å². The molecule has 0 atom stereocenters. The van der Waals surface area contributed by atoms with Gasteiger partial charge in [-0.05, 0) is 24.6 Å². The lowest BCUT2D eigenvalue weighted by molar-refractivity contribution is 1.46. The monoisotopic (exact) mass is 252 g/mol. The molecule has 0 fully saturated rings. The smallest absolute Gasteiger partial charge is 0.133 e. The summed E-state index contributed by atoms with van der Waals surface area (Å²) in [6, 6.07) is 8.13. The topological polar surface area (TPSA) is 49.9 Å². The van der Waals surface area contributed by atoms with Crippen LogP contribution in [0.25, 0.3) is 16.2 Å². The van der Waals surface area contributed by atoms with Gasteiger partial charge in [0.1, 0.15) is 5.84 Å². The van der Waals surface area contributed by atoms with Crippen molar-refractivity contribution in [2.75, 3.05) is 0 Å². The van der Waals surface area contributed by atoms with Crippen LogP contribution in [0.3, 0.4) is 0 Å². The molecule has 2 rings (SSSR count). The van der Waals surface area contributed by atoms with Crippen molar-refractivity contribution in [1.29, 1.82) is 5.41 Å². The molecule has 0 amide bonds. The van der Waals surface area contributed by atoms with E-state index in [1.54, 1.807) is 11.3 Å². The van der Waals surface area contributed by atoms with Crippen molar-refractivity contribution in [3.8, 4) is 0 Å². The van der Waals surface area contributed by atoms with Crippen LogP contribution in [-0.2, 0) is 0 Å². The van der Waals surface area contributed by atoms with E-state index in [2.05, 4.69) is 18.2 Å². The average Bonchev–Trinajstić information content (AvgIpc) is 2.63. The molecule has 0 aliphatic rings. The van der Waals surface area contributed by atoms with E-state index in [1.165, 1.54) is 15.6 Å². The predicted octanol–water partition coefficient (Wildman–Crippen LogP) is 3.64. The highest BCUT2D eigenvalue weighted by Crippen LogP contribution is 2.28. The molecule has 1 aromatic heterocycles. The highest BCUT2D eigenvalue weighted by atomic mass is 35.5. The zero-order valence-corrected chi connectivity index (χ0v) is 10.5. The number of thiophene rings is 1. The van der Waals surface area contributed by atoms with Gasteiger partial charge in [0.15, 0.2) is 0 Å². The first kappa shape index (κ1) is 12.7. The van der Waals surface area contributed by atoms with Gasteiger partial charge in [0.25, 0.3) is 0 Å². The third kappa shape index (κ3) is 2.26. The molecule has 0 aliphatic heterocycles. The minimum atomic E-state index is 0. The summed E-state index contributed by atoms with van der Waals surface area (Å²) in [7, 11) is 0. The van der Waals surface area contributed by atoms with E-state index in [0.29, 0.717) is 0 Å². The van der Waals surface area contributed by atoms with Crippen LogP contribution in [0.2, 0.25) is 0 Å². The second kappa shape index (κ2) is 5.14. The fraction of sp³-hybridized carbons (Fsp3) is 0.0833. The highest BCUT2D eigenvalue weighted by Gasteiger charge is 2.05. The van der Waals surface area contributed by atoms with Gasteiger partial charge in [-0.1, -0.05) is 24.3 Å². The summed E-state index contributed by atoms with van der Waals surface area (Å²) in [4.78, 5) is 0.835. The number of nitrogens with two attached hydrogens (primary N) is 1. The molecule has 4 heteroatoms. The van der Waals surface area contributed by atoms with E-state index >= 15 is 0 Å². The molecule has 0 bridgehead atoms. The second-order valence-corrected chi connectivity index (χ2v) is 4.37. The molecule has 0 aliphatic carbocycles. The van der Waals surface area contributed by atoms with Crippen molar-refractivity contribution in [2.45, 2.75) is 6.92 Å². The standard InChI is InChI=1S/C12H12N2S.ClH/c1-2-4-8-5-3-6-10-9(8)7-11(15-10)12(13)14;/h2-7H,1H3,(H3,13,14);1H/b4-2+;. The number of nitrogen functional groups attached to an aromatic ring is 1. The molecule has 0 radical (unpaired) electrons. The summed E-state index contributed by atoms with van der Waals surface area (Å²) in [5.41, 5.74) is 6.66. The van der Waals surface area contributed by atoms with Gasteiger partial charge in [-0.3, -0.25) is 5.41 Å². The van der Waals surface area contributed by atoms with E-state index in [9.17, 15) is 0 Å². The average molecular weight is 253 g/mol. The number of halogens is 1. The van der Waals surface area contributed by atoms with Gasteiger partial charge in [-0.25, -0.2) is 0 Å². The van der Waals surface area contributed by atoms with Crippen LogP contribution >= 0.6 is 23.7 Å². The van der Waals surface area contributed by atoms with Gasteiger partial charge in [0.05, 0.1) is 4.88 Å². The maximum Gasteiger partial charge on any atom is 0.133 e. The number of hydrogen-bond donors (Lipinski definition) is 2. The van der Waals surface area contributed by atoms with E-state index in [-0.39, 0.29) is 18.2 Å². The van der Waals surface area contributed by atoms with Gasteiger partial charge in [-0.15, -0.1) is 23.7 Å². The Morgan fingerprint density at radius 2 is 2.19 bits per heavy atom. The van der Waals surface area contributed by atoms with Crippen LogP contribution < -0.4 is 5.73 Å². The third-order valence-electron chi connectivity index (χ3n) is 2.21. The summed E-state index contributed by atoms with van der Waals surface area (Å²) >= 11 is 1.56. The maximum absolute atomic E-state index is 7.41. The lowest BCUT2D eigenvalue weighted by Gasteiger charge is -1.94. The second-order valence-electron chi connectivity index (χ2n) is 3.28. The summed E-state index contributed by atoms with van der Waals surface area (Å²) in [5.74, 6) is 0.141. The summed E-state index contributed by atoms with van der Waals surface area (Å²) < 4.78 is 1.18. The minimum Gasteiger partial charge on any atom is -0.383 e. The van der Waals surface area contributed by atoms with Gasteiger partial charge in [0.2, 0.25) is 0 Å². The number of benzene rings is 1. The Kier molecular flexibility index (Phi) is 4.10. The molecular weight excluding hydrogens is 240 g/mol. The largest absolute Gasteiger partial charge is 0.383 e. The molecule has 16 heavy (non-hydrogen) atoms. The van der Waals surface area contributed by atoms with Crippen molar-refractivity contribution in [3.63, 3.8) is 0 Å². The Morgan fingerprint density at radius 1 is 1.44 bits per heavy atom. The summed E-state index contributed by atoms with van der Waals surface area (Å²) in [6.45, 7) is 2.00. The third-order valence-corrected chi connectivity index (χ3v) is 3.34. The van der Waals surface area contributed by atoms with E-state index in [0.717, 1.165) is 4.88 Å². The minimum absolute atomic E-state index is 0. The number of fused-ring (bicyclic) bond motifs is 1. The molecule has 1 heterocycles. The molecule has 0 unspecified atom stereocenters. The van der Waals surface area contributed by atoms with Gasteiger partial charge < -0.3 is 5.73 Å². The maximum atomic E-state index is 7.41. The lowest BCUT2D eigenvalue weighted by atomic mass is 10.1. The fourth-order valence-corrected chi connectivity index (χ4v) is 2.50. The van der Waals surface area contributed by atoms with Crippen molar-refractivity contribution >= 4 is 45.7 Å². The van der Waals surface area contributed by atoms with Crippen molar-refractivity contribution < 1.29 is 0 Å². The summed E-state index contributed by atoms with van der Waals surface area (Å²) in [5, 5.41) is 8.58. The van der Waals surface area contributed by atoms with Crippen LogP contribution in [0.4, 0.5) is 0 Å². The molecule has 0 saturated carbocycles. The predicted molar refractivity (Wildman–Crippen MR) is 74.8 cm³/mol. The highest BCUT2D eigenvalue weighted by molar-refractivity contribution is 7.20. The molecule has 2 nitrogen and oxygen atoms in total. The van der Waals surface area contributed by atoms with Crippen LogP contribution in [0.15, 0.2) is 30.3 Å². The van der Waals surface area contributed by atoms with E-state index in [1.807, 2.05) is 25.1 Å².